The molecule has 0 unspecified atom stereocenters. The van der Waals surface area contributed by atoms with E-state index in [1.165, 1.54) is 0 Å². The maximum Gasteiger partial charge on any atom is 1.00 e. The molecule has 0 N–H and O–H groups in total. The van der Waals surface area contributed by atoms with Crippen LogP contribution in [-0.2, 0) is 13.7 Å². The van der Waals surface area contributed by atoms with Crippen molar-refractivity contribution in [2.75, 3.05) is 5.75 Å². The maximum atomic E-state index is 10.3. The minimum absolute atomic E-state index is 0. The minimum Gasteiger partial charge on any atom is -1.00 e. The molecule has 10 heavy (non-hydrogen) atoms. The first kappa shape index (κ1) is 18.1. The zero-order valence-corrected chi connectivity index (χ0v) is 12.2. The van der Waals surface area contributed by atoms with Crippen LogP contribution < -0.4 is 59.1 Å². The van der Waals surface area contributed by atoms with Crippen molar-refractivity contribution in [3.63, 3.8) is 0 Å². The molecule has 0 aromatic heterocycles. The Labute approximate surface area is 115 Å². The number of rotatable bonds is 3. The molecule has 0 saturated carbocycles. The topological polar surface area (TPSA) is 43.4 Å². The van der Waals surface area contributed by atoms with Gasteiger partial charge in [0.05, 0.1) is 5.75 Å². The van der Waals surface area contributed by atoms with Gasteiger partial charge >= 0.3 is 59.1 Å². The molecule has 0 aliphatic rings. The van der Waals surface area contributed by atoms with Gasteiger partial charge in [-0.2, -0.15) is 8.42 Å². The molecule has 7 heteroatoms. The van der Waals surface area contributed by atoms with Crippen molar-refractivity contribution < 1.29 is 74.0 Å². The first-order chi connectivity index (χ1) is 3.62. The van der Waals surface area contributed by atoms with E-state index in [0.29, 0.717) is 6.42 Å². The van der Waals surface area contributed by atoms with Crippen molar-refractivity contribution in [1.29, 1.82) is 0 Å². The van der Waals surface area contributed by atoms with E-state index in [1.807, 2.05) is 0 Å². The number of thiol groups is 1. The standard InChI is InChI=1S/C3H8O3S2.2Na.2H/c1-2-3-8(4,5)6-7;;;;/h7H,2-3H2,1H3;;;;/q;2*+1;2*-1. The number of hydrogen-bond acceptors (Lipinski definition) is 4. The molecule has 0 heterocycles. The molecule has 0 aliphatic heterocycles. The third-order valence-corrected chi connectivity index (χ3v) is 2.38. The van der Waals surface area contributed by atoms with Gasteiger partial charge in [0.2, 0.25) is 0 Å². The van der Waals surface area contributed by atoms with Gasteiger partial charge in [0.1, 0.15) is 0 Å². The molecule has 0 radical (unpaired) electrons. The van der Waals surface area contributed by atoms with Crippen LogP contribution >= 0.6 is 12.9 Å². The van der Waals surface area contributed by atoms with Gasteiger partial charge in [-0.25, -0.2) is 3.63 Å². The Morgan fingerprint density at radius 2 is 1.90 bits per heavy atom. The Kier molecular flexibility index (Phi) is 16.9. The Balaban J connectivity index is -0.0000000408. The van der Waals surface area contributed by atoms with Gasteiger partial charge in [0.15, 0.2) is 0 Å². The molecular weight excluding hydrogens is 194 g/mol. The maximum absolute atomic E-state index is 10.3. The van der Waals surface area contributed by atoms with Crippen LogP contribution in [0.25, 0.3) is 0 Å². The summed E-state index contributed by atoms with van der Waals surface area (Å²) >= 11 is 3.15. The summed E-state index contributed by atoms with van der Waals surface area (Å²) in [5.74, 6) is 0.0382. The van der Waals surface area contributed by atoms with E-state index < -0.39 is 10.1 Å². The van der Waals surface area contributed by atoms with Crippen LogP contribution in [0, 0.1) is 0 Å². The van der Waals surface area contributed by atoms with E-state index in [0.717, 1.165) is 0 Å². The van der Waals surface area contributed by atoms with Gasteiger partial charge in [-0.1, -0.05) is 6.92 Å². The van der Waals surface area contributed by atoms with Crippen LogP contribution in [0.1, 0.15) is 16.2 Å². The van der Waals surface area contributed by atoms with Crippen LogP contribution in [0.5, 0.6) is 0 Å². The summed E-state index contributed by atoms with van der Waals surface area (Å²) in [6.07, 6.45) is 0.558. The van der Waals surface area contributed by atoms with E-state index in [4.69, 9.17) is 0 Å². The van der Waals surface area contributed by atoms with Crippen LogP contribution in [-0.4, -0.2) is 14.2 Å². The smallest absolute Gasteiger partial charge is 1.00 e. The second kappa shape index (κ2) is 9.35. The predicted octanol–water partition coefficient (Wildman–Crippen LogP) is -5.18. The normalized spacial score (nSPS) is 9.40. The van der Waals surface area contributed by atoms with E-state index in [-0.39, 0.29) is 67.7 Å². The van der Waals surface area contributed by atoms with E-state index in [1.54, 1.807) is 6.92 Å². The van der Waals surface area contributed by atoms with Crippen molar-refractivity contribution in [3.05, 3.63) is 0 Å². The van der Waals surface area contributed by atoms with Crippen LogP contribution in [0.3, 0.4) is 0 Å². The summed E-state index contributed by atoms with van der Waals surface area (Å²) in [5.41, 5.74) is 0. The zero-order valence-electron chi connectivity index (χ0n) is 8.49. The van der Waals surface area contributed by atoms with Gasteiger partial charge in [-0.05, 0) is 19.3 Å². The molecule has 54 valence electrons. The van der Waals surface area contributed by atoms with E-state index >= 15 is 0 Å². The average Bonchev–Trinajstić information content (AvgIpc) is 1.67. The van der Waals surface area contributed by atoms with E-state index in [2.05, 4.69) is 16.5 Å². The molecule has 0 aromatic carbocycles. The molecule has 0 aromatic rings. The predicted molar refractivity (Wildman–Crippen MR) is 36.4 cm³/mol. The van der Waals surface area contributed by atoms with Gasteiger partial charge in [0, 0.05) is 0 Å². The van der Waals surface area contributed by atoms with Crippen LogP contribution in [0.2, 0.25) is 0 Å². The fraction of sp³-hybridized carbons (Fsp3) is 1.00. The third-order valence-electron chi connectivity index (χ3n) is 0.568. The van der Waals surface area contributed by atoms with Crippen molar-refractivity contribution in [2.24, 2.45) is 0 Å². The monoisotopic (exact) mass is 204 g/mol. The number of hydrogen-bond donors (Lipinski definition) is 1. The summed E-state index contributed by atoms with van der Waals surface area (Å²) in [6, 6.07) is 0. The Hall–Kier alpha value is 2.26. The first-order valence-electron chi connectivity index (χ1n) is 2.18. The fourth-order valence-corrected chi connectivity index (χ4v) is 1.09. The quantitative estimate of drug-likeness (QED) is 0.284. The summed E-state index contributed by atoms with van der Waals surface area (Å²) in [7, 11) is -3.31. The second-order valence-electron chi connectivity index (χ2n) is 1.34. The molecule has 0 saturated heterocycles. The molecule has 0 bridgehead atoms. The van der Waals surface area contributed by atoms with Crippen molar-refractivity contribution in [3.8, 4) is 0 Å². The van der Waals surface area contributed by atoms with Crippen molar-refractivity contribution >= 4 is 23.0 Å². The van der Waals surface area contributed by atoms with Gasteiger partial charge in [-0.15, -0.1) is 0 Å². The van der Waals surface area contributed by atoms with Crippen LogP contribution in [0.4, 0.5) is 0 Å². The molecule has 0 fully saturated rings. The first-order valence-corrected chi connectivity index (χ1v) is 4.12. The zero-order chi connectivity index (χ0) is 6.62. The van der Waals surface area contributed by atoms with Crippen LogP contribution in [0.15, 0.2) is 0 Å². The summed E-state index contributed by atoms with van der Waals surface area (Å²) in [6.45, 7) is 1.75. The third kappa shape index (κ3) is 10.3. The molecular formula is C3H10Na2O3S2. The Morgan fingerprint density at radius 3 is 2.00 bits per heavy atom. The minimum atomic E-state index is -3.31. The molecule has 3 nitrogen and oxygen atoms in total. The molecule has 0 spiro atoms. The Morgan fingerprint density at radius 1 is 1.50 bits per heavy atom. The average molecular weight is 204 g/mol. The SMILES string of the molecule is CCCS(=O)(=O)OS.[H-].[H-].[Na+].[Na+]. The van der Waals surface area contributed by atoms with Gasteiger partial charge in [0.25, 0.3) is 10.1 Å². The molecule has 0 rings (SSSR count). The molecule has 0 atom stereocenters. The van der Waals surface area contributed by atoms with Crippen molar-refractivity contribution in [1.82, 2.24) is 0 Å². The molecule has 0 aliphatic carbocycles. The van der Waals surface area contributed by atoms with E-state index in [9.17, 15) is 8.42 Å². The molecule has 0 amide bonds. The van der Waals surface area contributed by atoms with Gasteiger partial charge in [-0.3, -0.25) is 0 Å². The second-order valence-corrected chi connectivity index (χ2v) is 3.46. The van der Waals surface area contributed by atoms with Crippen molar-refractivity contribution in [2.45, 2.75) is 13.3 Å². The summed E-state index contributed by atoms with van der Waals surface area (Å²) in [5, 5.41) is 0. The Bertz CT molecular complexity index is 152. The largest absolute Gasteiger partial charge is 1.00 e. The summed E-state index contributed by atoms with van der Waals surface area (Å²) < 4.78 is 24.4. The van der Waals surface area contributed by atoms with Gasteiger partial charge < -0.3 is 2.85 Å². The summed E-state index contributed by atoms with van der Waals surface area (Å²) in [4.78, 5) is 0. The fourth-order valence-electron chi connectivity index (χ4n) is 0.287.